The summed E-state index contributed by atoms with van der Waals surface area (Å²) in [6, 6.07) is 7.43. The SMILES string of the molecule is CCN(CC(=O)Nc1ccccc1OC)c1nc(C)nc2sc3c(c12)CCC3. The Morgan fingerprint density at radius 3 is 2.89 bits per heavy atom. The molecule has 2 heterocycles. The first-order valence-corrected chi connectivity index (χ1v) is 10.4. The number of rotatable bonds is 6. The molecule has 1 aromatic carbocycles. The molecule has 1 aliphatic carbocycles. The van der Waals surface area contributed by atoms with E-state index in [-0.39, 0.29) is 12.5 Å². The zero-order chi connectivity index (χ0) is 19.7. The van der Waals surface area contributed by atoms with Crippen LogP contribution in [0, 0.1) is 6.92 Å². The molecule has 0 saturated carbocycles. The van der Waals surface area contributed by atoms with Gasteiger partial charge in [-0.05, 0) is 50.8 Å². The zero-order valence-electron chi connectivity index (χ0n) is 16.4. The van der Waals surface area contributed by atoms with Crippen LogP contribution in [0.15, 0.2) is 24.3 Å². The summed E-state index contributed by atoms with van der Waals surface area (Å²) in [6.45, 7) is 4.88. The topological polar surface area (TPSA) is 67.4 Å². The number of carbonyl (C=O) groups excluding carboxylic acids is 1. The van der Waals surface area contributed by atoms with Crippen molar-refractivity contribution < 1.29 is 9.53 Å². The van der Waals surface area contributed by atoms with Gasteiger partial charge in [0.1, 0.15) is 22.2 Å². The largest absolute Gasteiger partial charge is 0.495 e. The van der Waals surface area contributed by atoms with Gasteiger partial charge in [0.2, 0.25) is 5.91 Å². The molecule has 2 aromatic heterocycles. The summed E-state index contributed by atoms with van der Waals surface area (Å²) in [5, 5.41) is 4.09. The van der Waals surface area contributed by atoms with Gasteiger partial charge in [-0.15, -0.1) is 11.3 Å². The number of methoxy groups -OCH3 is 1. The highest BCUT2D eigenvalue weighted by Gasteiger charge is 2.25. The van der Waals surface area contributed by atoms with Crippen LogP contribution in [0.1, 0.15) is 29.6 Å². The van der Waals surface area contributed by atoms with E-state index in [9.17, 15) is 4.79 Å². The Balaban J connectivity index is 1.63. The Kier molecular flexibility index (Phi) is 5.17. The molecule has 0 bridgehead atoms. The third kappa shape index (κ3) is 3.42. The van der Waals surface area contributed by atoms with E-state index < -0.39 is 0 Å². The van der Waals surface area contributed by atoms with Crippen molar-refractivity contribution in [2.45, 2.75) is 33.1 Å². The smallest absolute Gasteiger partial charge is 0.244 e. The van der Waals surface area contributed by atoms with Gasteiger partial charge in [0.15, 0.2) is 0 Å². The van der Waals surface area contributed by atoms with E-state index in [4.69, 9.17) is 9.72 Å². The summed E-state index contributed by atoms with van der Waals surface area (Å²) in [5.74, 6) is 2.17. The Labute approximate surface area is 168 Å². The second-order valence-electron chi connectivity index (χ2n) is 6.89. The number of aromatic nitrogens is 2. The van der Waals surface area contributed by atoms with E-state index in [0.717, 1.165) is 34.7 Å². The van der Waals surface area contributed by atoms with E-state index in [0.29, 0.717) is 18.0 Å². The predicted octanol–water partition coefficient (Wildman–Crippen LogP) is 3.96. The van der Waals surface area contributed by atoms with Gasteiger partial charge in [-0.25, -0.2) is 9.97 Å². The lowest BCUT2D eigenvalue weighted by Crippen LogP contribution is -2.34. The summed E-state index contributed by atoms with van der Waals surface area (Å²) < 4.78 is 5.33. The summed E-state index contributed by atoms with van der Waals surface area (Å²) >= 11 is 1.77. The Bertz CT molecular complexity index is 1030. The lowest BCUT2D eigenvalue weighted by Gasteiger charge is -2.23. The van der Waals surface area contributed by atoms with Crippen molar-refractivity contribution in [2.24, 2.45) is 0 Å². The molecular formula is C21H24N4O2S. The van der Waals surface area contributed by atoms with Crippen molar-refractivity contribution in [3.8, 4) is 5.75 Å². The van der Waals surface area contributed by atoms with Crippen LogP contribution in [0.3, 0.4) is 0 Å². The predicted molar refractivity (Wildman–Crippen MR) is 114 cm³/mol. The number of ether oxygens (including phenoxy) is 1. The van der Waals surface area contributed by atoms with Crippen LogP contribution in [0.25, 0.3) is 10.2 Å². The van der Waals surface area contributed by atoms with Gasteiger partial charge in [0.25, 0.3) is 0 Å². The van der Waals surface area contributed by atoms with Gasteiger partial charge in [0.05, 0.1) is 24.7 Å². The van der Waals surface area contributed by atoms with Crippen LogP contribution in [-0.2, 0) is 17.6 Å². The molecule has 0 unspecified atom stereocenters. The summed E-state index contributed by atoms with van der Waals surface area (Å²) in [7, 11) is 1.60. The highest BCUT2D eigenvalue weighted by Crippen LogP contribution is 2.40. The van der Waals surface area contributed by atoms with E-state index in [1.54, 1.807) is 18.4 Å². The normalized spacial score (nSPS) is 12.8. The van der Waals surface area contributed by atoms with Crippen LogP contribution in [0.4, 0.5) is 11.5 Å². The Hall–Kier alpha value is -2.67. The van der Waals surface area contributed by atoms with Crippen molar-refractivity contribution in [1.29, 1.82) is 0 Å². The first-order valence-electron chi connectivity index (χ1n) is 9.57. The summed E-state index contributed by atoms with van der Waals surface area (Å²) in [6.07, 6.45) is 3.37. The van der Waals surface area contributed by atoms with Crippen molar-refractivity contribution in [2.75, 3.05) is 30.4 Å². The molecule has 7 heteroatoms. The third-order valence-electron chi connectivity index (χ3n) is 5.05. The van der Waals surface area contributed by atoms with Crippen LogP contribution >= 0.6 is 11.3 Å². The van der Waals surface area contributed by atoms with Gasteiger partial charge >= 0.3 is 0 Å². The van der Waals surface area contributed by atoms with E-state index in [2.05, 4.69) is 10.3 Å². The number of hydrogen-bond donors (Lipinski definition) is 1. The number of thiophene rings is 1. The minimum absolute atomic E-state index is 0.0948. The Morgan fingerprint density at radius 1 is 1.29 bits per heavy atom. The minimum atomic E-state index is -0.0948. The fraction of sp³-hybridized carbons (Fsp3) is 0.381. The second-order valence-corrected chi connectivity index (χ2v) is 7.98. The molecule has 28 heavy (non-hydrogen) atoms. The lowest BCUT2D eigenvalue weighted by atomic mass is 10.1. The van der Waals surface area contributed by atoms with E-state index >= 15 is 0 Å². The highest BCUT2D eigenvalue weighted by molar-refractivity contribution is 7.19. The van der Waals surface area contributed by atoms with Crippen LogP contribution in [-0.4, -0.2) is 36.1 Å². The molecular weight excluding hydrogens is 372 g/mol. The fourth-order valence-electron chi connectivity index (χ4n) is 3.76. The molecule has 1 amide bonds. The number of amides is 1. The molecule has 1 aliphatic rings. The number of fused-ring (bicyclic) bond motifs is 3. The van der Waals surface area contributed by atoms with Crippen LogP contribution in [0.5, 0.6) is 5.75 Å². The monoisotopic (exact) mass is 396 g/mol. The molecule has 6 nitrogen and oxygen atoms in total. The molecule has 1 N–H and O–H groups in total. The number of hydrogen-bond acceptors (Lipinski definition) is 6. The van der Waals surface area contributed by atoms with Crippen molar-refractivity contribution in [3.63, 3.8) is 0 Å². The number of carbonyl (C=O) groups is 1. The average Bonchev–Trinajstić information content (AvgIpc) is 3.26. The maximum Gasteiger partial charge on any atom is 0.244 e. The standard InChI is InChI=1S/C21H24N4O2S/c1-4-25(12-18(26)24-15-9-5-6-10-16(15)27-3)20-19-14-8-7-11-17(14)28-21(19)23-13(2)22-20/h5-6,9-10H,4,7-8,11-12H2,1-3H3,(H,24,26). The van der Waals surface area contributed by atoms with Crippen LogP contribution in [0.2, 0.25) is 0 Å². The van der Waals surface area contributed by atoms with E-state index in [1.807, 2.05) is 43.0 Å². The van der Waals surface area contributed by atoms with Crippen molar-refractivity contribution in [3.05, 3.63) is 40.5 Å². The zero-order valence-corrected chi connectivity index (χ0v) is 17.2. The number of nitrogens with zero attached hydrogens (tertiary/aromatic N) is 3. The van der Waals surface area contributed by atoms with Crippen molar-refractivity contribution in [1.82, 2.24) is 9.97 Å². The van der Waals surface area contributed by atoms with Crippen molar-refractivity contribution >= 4 is 39.0 Å². The van der Waals surface area contributed by atoms with Gasteiger partial charge in [0, 0.05) is 11.4 Å². The number of benzene rings is 1. The van der Waals surface area contributed by atoms with E-state index in [1.165, 1.54) is 16.9 Å². The molecule has 3 aromatic rings. The van der Waals surface area contributed by atoms with Gasteiger partial charge in [-0.3, -0.25) is 4.79 Å². The number of likely N-dealkylation sites (N-methyl/N-ethyl adjacent to an activating group) is 1. The molecule has 0 atom stereocenters. The quantitative estimate of drug-likeness (QED) is 0.683. The number of nitrogens with one attached hydrogen (secondary N) is 1. The molecule has 0 radical (unpaired) electrons. The fourth-order valence-corrected chi connectivity index (χ4v) is 5.06. The molecule has 0 fully saturated rings. The number of aryl methyl sites for hydroxylation is 3. The Morgan fingerprint density at radius 2 is 2.11 bits per heavy atom. The number of anilines is 2. The van der Waals surface area contributed by atoms with Gasteiger partial charge in [-0.1, -0.05) is 12.1 Å². The summed E-state index contributed by atoms with van der Waals surface area (Å²) in [5.41, 5.74) is 2.05. The molecule has 0 aliphatic heterocycles. The second kappa shape index (κ2) is 7.75. The molecule has 0 saturated heterocycles. The van der Waals surface area contributed by atoms with Crippen LogP contribution < -0.4 is 15.0 Å². The third-order valence-corrected chi connectivity index (χ3v) is 6.24. The molecule has 4 rings (SSSR count). The first-order chi connectivity index (χ1) is 13.6. The molecule has 0 spiro atoms. The van der Waals surface area contributed by atoms with Gasteiger partial charge in [-0.2, -0.15) is 0 Å². The maximum absolute atomic E-state index is 12.8. The number of para-hydroxylation sites is 2. The van der Waals surface area contributed by atoms with Gasteiger partial charge < -0.3 is 15.0 Å². The molecule has 146 valence electrons. The maximum atomic E-state index is 12.8. The highest BCUT2D eigenvalue weighted by atomic mass is 32.1. The minimum Gasteiger partial charge on any atom is -0.495 e. The average molecular weight is 397 g/mol. The first kappa shape index (κ1) is 18.7. The summed E-state index contributed by atoms with van der Waals surface area (Å²) in [4.78, 5) is 26.6. The lowest BCUT2D eigenvalue weighted by molar-refractivity contribution is -0.115.